The van der Waals surface area contributed by atoms with Gasteiger partial charge in [0.25, 0.3) is 5.91 Å². The van der Waals surface area contributed by atoms with E-state index in [0.717, 1.165) is 17.9 Å². The third-order valence-electron chi connectivity index (χ3n) is 10.3. The molecule has 8 rings (SSSR count). The maximum Gasteiger partial charge on any atom is 0.356 e. The molecule has 6 aromatic rings. The molecule has 0 bridgehead atoms. The molecule has 6 heterocycles. The van der Waals surface area contributed by atoms with Gasteiger partial charge in [-0.1, -0.05) is 17.8 Å². The molecular weight excluding hydrogens is 922 g/mol. The summed E-state index contributed by atoms with van der Waals surface area (Å²) in [4.78, 5) is 57.0. The van der Waals surface area contributed by atoms with Crippen molar-refractivity contribution in [1.82, 2.24) is 49.3 Å². The van der Waals surface area contributed by atoms with E-state index >= 15 is 0 Å². The predicted octanol–water partition coefficient (Wildman–Crippen LogP) is 4.52. The summed E-state index contributed by atoms with van der Waals surface area (Å²) in [5.74, 6) is 5.77. The molecule has 0 spiro atoms. The number of ether oxygens (including phenoxy) is 2. The summed E-state index contributed by atoms with van der Waals surface area (Å²) >= 11 is 3.13. The maximum atomic E-state index is 14.5. The molecule has 2 aliphatic heterocycles. The van der Waals surface area contributed by atoms with Crippen LogP contribution in [0.25, 0.3) is 34.4 Å². The van der Waals surface area contributed by atoms with Crippen LogP contribution in [-0.2, 0) is 14.3 Å². The molecule has 17 nitrogen and oxygen atoms in total. The predicted molar refractivity (Wildman–Crippen MR) is 239 cm³/mol. The normalized spacial score (nSPS) is 17.7. The molecule has 20 heteroatoms. The van der Waals surface area contributed by atoms with E-state index < -0.39 is 40.7 Å². The number of hydrogen-bond donors (Lipinski definition) is 2. The number of carbonyl (C=O) groups excluding carboxylic acids is 3. The van der Waals surface area contributed by atoms with E-state index in [0.29, 0.717) is 42.3 Å². The van der Waals surface area contributed by atoms with Gasteiger partial charge < -0.3 is 29.5 Å². The summed E-state index contributed by atoms with van der Waals surface area (Å²) in [5.41, 5.74) is -0.105. The van der Waals surface area contributed by atoms with Gasteiger partial charge in [0, 0.05) is 86.6 Å². The Hall–Kier alpha value is -7.23. The third-order valence-corrected chi connectivity index (χ3v) is 10.9. The number of halogens is 3. The Morgan fingerprint density at radius 1 is 0.773 bits per heavy atom. The minimum absolute atomic E-state index is 0.00161. The van der Waals surface area contributed by atoms with Crippen LogP contribution in [0.5, 0.6) is 0 Å². The fourth-order valence-corrected chi connectivity index (χ4v) is 6.99. The van der Waals surface area contributed by atoms with Gasteiger partial charge in [0.05, 0.1) is 24.3 Å². The molecule has 1 amide bonds. The number of aryl methyl sites for hydroxylation is 2. The van der Waals surface area contributed by atoms with Crippen LogP contribution in [0.1, 0.15) is 50.8 Å². The average Bonchev–Trinajstić information content (AvgIpc) is 4.11. The van der Waals surface area contributed by atoms with Crippen molar-refractivity contribution in [3.8, 4) is 58.6 Å². The Kier molecular flexibility index (Phi) is 14.8. The molecule has 2 fully saturated rings. The smallest absolute Gasteiger partial charge is 0.356 e. The highest BCUT2D eigenvalue weighted by Crippen LogP contribution is 2.26. The number of aliphatic hydroxyl groups is 2. The number of terminal acetylenes is 1. The molecule has 2 aliphatic rings. The quantitative estimate of drug-likeness (QED) is 0.174. The highest BCUT2D eigenvalue weighted by Gasteiger charge is 2.42. The summed E-state index contributed by atoms with van der Waals surface area (Å²) in [6.45, 7) is 5.56. The molecule has 2 saturated heterocycles. The molecule has 2 atom stereocenters. The molecule has 340 valence electrons. The van der Waals surface area contributed by atoms with Crippen LogP contribution in [0.15, 0.2) is 77.5 Å². The molecule has 0 saturated carbocycles. The summed E-state index contributed by atoms with van der Waals surface area (Å²) in [7, 11) is 6.03. The molecular formula is C46H43BrF2N10O7. The van der Waals surface area contributed by atoms with E-state index in [-0.39, 0.29) is 39.5 Å². The average molecular weight is 966 g/mol. The van der Waals surface area contributed by atoms with Crippen LogP contribution in [0.2, 0.25) is 0 Å². The van der Waals surface area contributed by atoms with Crippen LogP contribution in [0, 0.1) is 49.7 Å². The molecule has 2 N–H and O–H groups in total. The number of benzene rings is 2. The van der Waals surface area contributed by atoms with Crippen molar-refractivity contribution in [3.63, 3.8) is 0 Å². The number of likely N-dealkylation sites (tertiary alicyclic amines) is 2. The third kappa shape index (κ3) is 11.0. The lowest BCUT2D eigenvalue weighted by Crippen LogP contribution is -2.37. The Balaban J connectivity index is 0.000000189. The van der Waals surface area contributed by atoms with E-state index in [1.165, 1.54) is 66.3 Å². The van der Waals surface area contributed by atoms with E-state index in [1.54, 1.807) is 36.3 Å². The van der Waals surface area contributed by atoms with Gasteiger partial charge in [0.1, 0.15) is 17.2 Å². The van der Waals surface area contributed by atoms with Crippen molar-refractivity contribution in [2.24, 2.45) is 0 Å². The lowest BCUT2D eigenvalue weighted by atomic mass is 10.0. The van der Waals surface area contributed by atoms with Crippen molar-refractivity contribution < 1.29 is 42.9 Å². The molecule has 0 unspecified atom stereocenters. The molecule has 0 aliphatic carbocycles. The van der Waals surface area contributed by atoms with Gasteiger partial charge in [-0.05, 0) is 85.4 Å². The van der Waals surface area contributed by atoms with Crippen LogP contribution >= 0.6 is 15.9 Å². The number of aromatic nitrogens is 8. The Morgan fingerprint density at radius 3 is 1.71 bits per heavy atom. The Bertz CT molecular complexity index is 2930. The van der Waals surface area contributed by atoms with E-state index in [4.69, 9.17) is 15.9 Å². The fraction of sp³-hybridized carbons (Fsp3) is 0.283. The van der Waals surface area contributed by atoms with Crippen LogP contribution < -0.4 is 0 Å². The van der Waals surface area contributed by atoms with Crippen molar-refractivity contribution in [2.45, 2.75) is 37.9 Å². The minimum Gasteiger partial charge on any atom is -0.464 e. The zero-order valence-corrected chi connectivity index (χ0v) is 38.2. The number of likely N-dealkylation sites (N-methyl/N-ethyl adjacent to an activating group) is 2. The van der Waals surface area contributed by atoms with Crippen molar-refractivity contribution in [3.05, 3.63) is 118 Å². The first kappa shape index (κ1) is 48.2. The highest BCUT2D eigenvalue weighted by atomic mass is 79.9. The topological polar surface area (TPSA) is 204 Å². The largest absolute Gasteiger partial charge is 0.464 e. The van der Waals surface area contributed by atoms with E-state index in [2.05, 4.69) is 63.8 Å². The van der Waals surface area contributed by atoms with Crippen molar-refractivity contribution >= 4 is 33.8 Å². The van der Waals surface area contributed by atoms with Gasteiger partial charge in [0.2, 0.25) is 5.60 Å². The van der Waals surface area contributed by atoms with Gasteiger partial charge in [-0.25, -0.2) is 47.7 Å². The van der Waals surface area contributed by atoms with Crippen LogP contribution in [-0.4, -0.2) is 137 Å². The van der Waals surface area contributed by atoms with Crippen LogP contribution in [0.4, 0.5) is 8.78 Å². The Labute approximate surface area is 386 Å². The second-order valence-electron chi connectivity index (χ2n) is 15.2. The molecule has 0 radical (unpaired) electrons. The summed E-state index contributed by atoms with van der Waals surface area (Å²) in [6, 6.07) is 14.9. The number of rotatable bonds is 6. The van der Waals surface area contributed by atoms with Crippen LogP contribution in [0.3, 0.4) is 0 Å². The first-order valence-electron chi connectivity index (χ1n) is 20.0. The highest BCUT2D eigenvalue weighted by molar-refractivity contribution is 9.10. The van der Waals surface area contributed by atoms with Gasteiger partial charge in [-0.2, -0.15) is 10.2 Å². The van der Waals surface area contributed by atoms with Gasteiger partial charge >= 0.3 is 11.9 Å². The molecule has 2 aromatic carbocycles. The number of amides is 1. The number of carbonyl (C=O) groups is 3. The summed E-state index contributed by atoms with van der Waals surface area (Å²) in [5, 5.41) is 28.3. The van der Waals surface area contributed by atoms with E-state index in [1.807, 2.05) is 31.9 Å². The second kappa shape index (κ2) is 20.3. The monoisotopic (exact) mass is 964 g/mol. The number of nitrogens with zero attached hydrogens (tertiary/aromatic N) is 10. The SMILES string of the molecule is C#C[C@]1(O)CCN(C)C1.COC(=O)c1cc(-n2nccc2C)nc(-c2ccc(F)c(Br)c2)n1.COC(=O)c1cc(-n2nccc2C)nc(-c2ccc(F)c(C#C[C@]3(O)CCN(C)C3=O)c2)n1. The van der Waals surface area contributed by atoms with Gasteiger partial charge in [0.15, 0.2) is 34.7 Å². The van der Waals surface area contributed by atoms with E-state index in [9.17, 15) is 33.4 Å². The zero-order valence-electron chi connectivity index (χ0n) is 36.6. The molecule has 66 heavy (non-hydrogen) atoms. The maximum absolute atomic E-state index is 14.5. The fourth-order valence-electron chi connectivity index (χ4n) is 6.62. The molecule has 4 aromatic heterocycles. The second-order valence-corrected chi connectivity index (χ2v) is 16.1. The van der Waals surface area contributed by atoms with Crippen molar-refractivity contribution in [2.75, 3.05) is 47.9 Å². The van der Waals surface area contributed by atoms with Gasteiger partial charge in [-0.15, -0.1) is 6.42 Å². The first-order chi connectivity index (χ1) is 31.4. The number of hydrogen-bond acceptors (Lipinski definition) is 14. The Morgan fingerprint density at radius 2 is 1.30 bits per heavy atom. The number of methoxy groups -OCH3 is 2. The minimum atomic E-state index is -1.86. The number of esters is 2. The van der Waals surface area contributed by atoms with Gasteiger partial charge in [-0.3, -0.25) is 4.79 Å². The summed E-state index contributed by atoms with van der Waals surface area (Å²) < 4.78 is 40.8. The zero-order chi connectivity index (χ0) is 47.9. The summed E-state index contributed by atoms with van der Waals surface area (Å²) in [6.07, 6.45) is 9.16. The van der Waals surface area contributed by atoms with Crippen molar-refractivity contribution in [1.29, 1.82) is 0 Å². The lowest BCUT2D eigenvalue weighted by Gasteiger charge is -2.13. The number of β-amino-alcohol motifs (C(OH)–C–C–N with tert-alkyl or cyclic N) is 1. The first-order valence-corrected chi connectivity index (χ1v) is 20.8. The lowest BCUT2D eigenvalue weighted by molar-refractivity contribution is -0.137. The standard InChI is InChI=1S/C23H20FN5O4.C16H12BrFN4O2.C7H11NO/c1-14-7-10-25-29(14)19-13-18(21(30)33-3)26-20(27-19)16-4-5-17(24)15(12-16)6-8-23(32)9-11-28(2)22(23)31;1-9-5-6-19-22(9)14-8-13(16(23)24-2)20-15(21-14)10-3-4-12(18)11(17)7-10;1-3-7(9)4-5-8(2)6-7/h4-5,7,10,12-13,32H,9,11H2,1-3H3;3-8H,1-2H3;1,9H,4-6H2,2H3/t23-;;7-/m0.0/s1.